The number of hydrogen-bond donors (Lipinski definition) is 0. The second-order valence-corrected chi connectivity index (χ2v) is 10.1. The van der Waals surface area contributed by atoms with E-state index in [4.69, 9.17) is 46.9 Å². The Balaban J connectivity index is 1.66. The number of nitrogens with zero attached hydrogens (tertiary/aromatic N) is 1. The van der Waals surface area contributed by atoms with Crippen LogP contribution in [0, 0.1) is 0 Å². The van der Waals surface area contributed by atoms with Crippen molar-refractivity contribution in [2.75, 3.05) is 34.5 Å². The van der Waals surface area contributed by atoms with Gasteiger partial charge >= 0.3 is 0 Å². The van der Waals surface area contributed by atoms with Crippen molar-refractivity contribution in [1.82, 2.24) is 4.90 Å². The highest BCUT2D eigenvalue weighted by atomic mass is 35.5. The summed E-state index contributed by atoms with van der Waals surface area (Å²) in [5.41, 5.74) is 2.12. The number of rotatable bonds is 9. The molecule has 0 N–H and O–H groups in total. The van der Waals surface area contributed by atoms with E-state index in [-0.39, 0.29) is 17.9 Å². The Hall–Kier alpha value is -1.70. The zero-order valence-corrected chi connectivity index (χ0v) is 22.5. The minimum Gasteiger partial charge on any atom is -0.493 e. The number of ether oxygens (including phenoxy) is 5. The molecule has 0 radical (unpaired) electrons. The molecule has 4 rings (SSSR count). The van der Waals surface area contributed by atoms with Crippen LogP contribution >= 0.6 is 23.2 Å². The monoisotopic (exact) mass is 523 g/mol. The maximum Gasteiger partial charge on any atom is 0.203 e. The zero-order valence-electron chi connectivity index (χ0n) is 20.9. The highest BCUT2D eigenvalue weighted by Crippen LogP contribution is 2.45. The number of benzene rings is 2. The van der Waals surface area contributed by atoms with Gasteiger partial charge in [0.25, 0.3) is 0 Å². The van der Waals surface area contributed by atoms with E-state index in [2.05, 4.69) is 17.9 Å². The first-order valence-corrected chi connectivity index (χ1v) is 12.9. The maximum atomic E-state index is 6.59. The molecule has 35 heavy (non-hydrogen) atoms. The lowest BCUT2D eigenvalue weighted by molar-refractivity contribution is -0.214. The molecule has 8 heteroatoms. The molecule has 2 aliphatic heterocycles. The first-order valence-electron chi connectivity index (χ1n) is 12.2. The summed E-state index contributed by atoms with van der Waals surface area (Å²) in [5, 5.41) is 1.14. The third-order valence-corrected chi connectivity index (χ3v) is 7.98. The molecule has 2 aromatic rings. The van der Waals surface area contributed by atoms with Crippen LogP contribution in [0.15, 0.2) is 30.3 Å². The summed E-state index contributed by atoms with van der Waals surface area (Å²) in [4.78, 5) is 2.38. The molecule has 2 aliphatic rings. The second kappa shape index (κ2) is 11.6. The van der Waals surface area contributed by atoms with E-state index in [0.29, 0.717) is 33.8 Å². The predicted octanol–water partition coefficient (Wildman–Crippen LogP) is 6.44. The molecule has 2 aromatic carbocycles. The van der Waals surface area contributed by atoms with Gasteiger partial charge in [-0.3, -0.25) is 4.90 Å². The predicted molar refractivity (Wildman–Crippen MR) is 138 cm³/mol. The number of hydrogen-bond acceptors (Lipinski definition) is 6. The molecule has 0 spiro atoms. The molecule has 2 heterocycles. The van der Waals surface area contributed by atoms with Crippen molar-refractivity contribution < 1.29 is 23.7 Å². The average molecular weight is 524 g/mol. The van der Waals surface area contributed by atoms with Crippen molar-refractivity contribution in [3.05, 3.63) is 51.5 Å². The van der Waals surface area contributed by atoms with Crippen LogP contribution in [0.4, 0.5) is 0 Å². The van der Waals surface area contributed by atoms with Gasteiger partial charge in [0.2, 0.25) is 5.75 Å². The van der Waals surface area contributed by atoms with Crippen LogP contribution in [0.1, 0.15) is 50.2 Å². The Bertz CT molecular complexity index is 988. The van der Waals surface area contributed by atoms with Crippen molar-refractivity contribution in [1.29, 1.82) is 0 Å². The summed E-state index contributed by atoms with van der Waals surface area (Å²) in [7, 11) is 4.88. The molecule has 0 aromatic heterocycles. The molecule has 192 valence electrons. The topological polar surface area (TPSA) is 49.4 Å². The number of methoxy groups -OCH3 is 3. The molecule has 3 unspecified atom stereocenters. The minimum atomic E-state index is -0.183. The van der Waals surface area contributed by atoms with Gasteiger partial charge in [-0.25, -0.2) is 0 Å². The SMILES string of the molecule is CCC1(c2ccc(Cl)c(Cl)c2)CC(OC2CCCCO2)N(Cc2cc(OC)c(OC)c(OC)c2)C1. The van der Waals surface area contributed by atoms with Crippen molar-refractivity contribution in [3.8, 4) is 17.2 Å². The molecule has 0 bridgehead atoms. The van der Waals surface area contributed by atoms with Crippen molar-refractivity contribution >= 4 is 23.2 Å². The van der Waals surface area contributed by atoms with Gasteiger partial charge in [-0.1, -0.05) is 36.2 Å². The first-order chi connectivity index (χ1) is 16.9. The molecule has 2 saturated heterocycles. The van der Waals surface area contributed by atoms with Gasteiger partial charge in [0.15, 0.2) is 17.8 Å². The lowest BCUT2D eigenvalue weighted by Gasteiger charge is -2.30. The van der Waals surface area contributed by atoms with E-state index in [1.54, 1.807) is 21.3 Å². The molecular formula is C27H35Cl2NO5. The van der Waals surface area contributed by atoms with Crippen LogP contribution in [0.3, 0.4) is 0 Å². The molecule has 0 amide bonds. The normalized spacial score (nSPS) is 25.0. The quantitative estimate of drug-likeness (QED) is 0.376. The van der Waals surface area contributed by atoms with E-state index >= 15 is 0 Å². The van der Waals surface area contributed by atoms with Crippen LogP contribution in [0.25, 0.3) is 0 Å². The van der Waals surface area contributed by atoms with Crippen LogP contribution in [0.2, 0.25) is 10.0 Å². The van der Waals surface area contributed by atoms with Crippen molar-refractivity contribution in [2.45, 2.75) is 63.5 Å². The fourth-order valence-electron chi connectivity index (χ4n) is 5.26. The summed E-state index contributed by atoms with van der Waals surface area (Å²) >= 11 is 12.7. The van der Waals surface area contributed by atoms with E-state index in [9.17, 15) is 0 Å². The van der Waals surface area contributed by atoms with E-state index < -0.39 is 0 Å². The smallest absolute Gasteiger partial charge is 0.203 e. The molecule has 6 nitrogen and oxygen atoms in total. The van der Waals surface area contributed by atoms with Crippen LogP contribution < -0.4 is 14.2 Å². The highest BCUT2D eigenvalue weighted by Gasteiger charge is 2.45. The van der Waals surface area contributed by atoms with Crippen LogP contribution in [-0.4, -0.2) is 51.9 Å². The van der Waals surface area contributed by atoms with E-state index in [1.807, 2.05) is 24.3 Å². The van der Waals surface area contributed by atoms with Gasteiger partial charge < -0.3 is 23.7 Å². The lowest BCUT2D eigenvalue weighted by atomic mass is 9.77. The van der Waals surface area contributed by atoms with Crippen molar-refractivity contribution in [3.63, 3.8) is 0 Å². The van der Waals surface area contributed by atoms with Crippen LogP contribution in [0.5, 0.6) is 17.2 Å². The van der Waals surface area contributed by atoms with Gasteiger partial charge in [0, 0.05) is 25.1 Å². The molecule has 0 aliphatic carbocycles. The molecule has 2 fully saturated rings. The largest absolute Gasteiger partial charge is 0.493 e. The molecule has 3 atom stereocenters. The Kier molecular flexibility index (Phi) is 8.71. The fourth-order valence-corrected chi connectivity index (χ4v) is 5.56. The summed E-state index contributed by atoms with van der Waals surface area (Å²) in [6.07, 6.45) is 4.62. The molecular weight excluding hydrogens is 489 g/mol. The summed E-state index contributed by atoms with van der Waals surface area (Å²) < 4.78 is 29.2. The Morgan fingerprint density at radius 3 is 2.31 bits per heavy atom. The van der Waals surface area contributed by atoms with Crippen molar-refractivity contribution in [2.24, 2.45) is 0 Å². The number of halogens is 2. The lowest BCUT2D eigenvalue weighted by Crippen LogP contribution is -2.36. The number of likely N-dealkylation sites (tertiary alicyclic amines) is 1. The third-order valence-electron chi connectivity index (χ3n) is 7.24. The van der Waals surface area contributed by atoms with Gasteiger partial charge in [-0.15, -0.1) is 0 Å². The Labute approximate surface area is 218 Å². The van der Waals surface area contributed by atoms with Gasteiger partial charge in [0.1, 0.15) is 6.23 Å². The average Bonchev–Trinajstić information content (AvgIpc) is 3.23. The Morgan fingerprint density at radius 2 is 1.74 bits per heavy atom. The minimum absolute atomic E-state index is 0.105. The standard InChI is InChI=1S/C27H35Cl2NO5/c1-5-27(19-9-10-20(28)21(29)14-19)15-24(35-25-8-6-7-11-34-25)30(17-27)16-18-12-22(31-2)26(33-4)23(13-18)32-3/h9-10,12-14,24-25H,5-8,11,15-17H2,1-4H3. The fraction of sp³-hybridized carbons (Fsp3) is 0.556. The highest BCUT2D eigenvalue weighted by molar-refractivity contribution is 6.42. The van der Waals surface area contributed by atoms with E-state index in [1.165, 1.54) is 5.56 Å². The molecule has 0 saturated carbocycles. The zero-order chi connectivity index (χ0) is 25.0. The van der Waals surface area contributed by atoms with Gasteiger partial charge in [-0.2, -0.15) is 0 Å². The Morgan fingerprint density at radius 1 is 1.00 bits per heavy atom. The van der Waals surface area contributed by atoms with E-state index in [0.717, 1.165) is 50.8 Å². The van der Waals surface area contributed by atoms with Crippen LogP contribution in [-0.2, 0) is 21.4 Å². The first kappa shape index (κ1) is 26.4. The summed E-state index contributed by atoms with van der Waals surface area (Å²) in [6.45, 7) is 4.45. The maximum absolute atomic E-state index is 6.59. The van der Waals surface area contributed by atoms with Gasteiger partial charge in [0.05, 0.1) is 31.4 Å². The summed E-state index contributed by atoms with van der Waals surface area (Å²) in [5.74, 6) is 1.86. The summed E-state index contributed by atoms with van der Waals surface area (Å²) in [6, 6.07) is 9.99. The third kappa shape index (κ3) is 5.67. The second-order valence-electron chi connectivity index (χ2n) is 9.29. The van der Waals surface area contributed by atoms with Gasteiger partial charge in [-0.05, 0) is 67.5 Å².